The van der Waals surface area contributed by atoms with Crippen LogP contribution in [-0.4, -0.2) is 20.8 Å². The topological polar surface area (TPSA) is 30.5 Å². The third-order valence-corrected chi connectivity index (χ3v) is 2.10. The van der Waals surface area contributed by atoms with Crippen molar-refractivity contribution in [1.82, 2.24) is 0 Å². The van der Waals surface area contributed by atoms with Crippen molar-refractivity contribution in [1.29, 1.82) is 0 Å². The summed E-state index contributed by atoms with van der Waals surface area (Å²) < 4.78 is 10.4. The first-order chi connectivity index (χ1) is 7.17. The lowest BCUT2D eigenvalue weighted by atomic mass is 10.2. The molecule has 1 rings (SSSR count). The van der Waals surface area contributed by atoms with Crippen LogP contribution in [0.5, 0.6) is 11.5 Å². The fraction of sp³-hybridized carbons (Fsp3) is 0.500. The van der Waals surface area contributed by atoms with Gasteiger partial charge in [0.1, 0.15) is 0 Å². The molecule has 1 aromatic carbocycles. The van der Waals surface area contributed by atoms with Crippen LogP contribution in [-0.2, 0) is 0 Å². The molecule has 0 fully saturated rings. The molecule has 0 unspecified atom stereocenters. The molecular weight excluding hydrogens is 190 g/mol. The van der Waals surface area contributed by atoms with E-state index in [9.17, 15) is 0 Å². The van der Waals surface area contributed by atoms with Crippen LogP contribution in [0.4, 0.5) is 5.69 Å². The van der Waals surface area contributed by atoms with Gasteiger partial charge in [-0.1, -0.05) is 13.8 Å². The maximum absolute atomic E-state index is 5.22. The van der Waals surface area contributed by atoms with Crippen molar-refractivity contribution in [2.45, 2.75) is 13.8 Å². The Hall–Kier alpha value is -1.38. The maximum atomic E-state index is 5.22. The summed E-state index contributed by atoms with van der Waals surface area (Å²) in [5, 5.41) is 3.33. The summed E-state index contributed by atoms with van der Waals surface area (Å²) in [5.41, 5.74) is 1.06. The van der Waals surface area contributed by atoms with Gasteiger partial charge in [0.15, 0.2) is 11.5 Å². The summed E-state index contributed by atoms with van der Waals surface area (Å²) in [7, 11) is 3.28. The predicted octanol–water partition coefficient (Wildman–Crippen LogP) is 2.77. The molecule has 0 saturated heterocycles. The van der Waals surface area contributed by atoms with Crippen LogP contribution < -0.4 is 14.8 Å². The van der Waals surface area contributed by atoms with Gasteiger partial charge in [-0.05, 0) is 18.1 Å². The van der Waals surface area contributed by atoms with Gasteiger partial charge in [0.05, 0.1) is 14.2 Å². The molecule has 0 aromatic heterocycles. The molecule has 0 aliphatic carbocycles. The molecular formula is C12H19NO2. The first kappa shape index (κ1) is 11.7. The van der Waals surface area contributed by atoms with E-state index >= 15 is 0 Å². The van der Waals surface area contributed by atoms with E-state index in [2.05, 4.69) is 19.2 Å². The smallest absolute Gasteiger partial charge is 0.162 e. The van der Waals surface area contributed by atoms with E-state index in [1.165, 1.54) is 0 Å². The second-order valence-electron chi connectivity index (χ2n) is 3.84. The van der Waals surface area contributed by atoms with Crippen LogP contribution in [0.25, 0.3) is 0 Å². The SMILES string of the molecule is COc1ccc(NCC(C)C)cc1OC. The lowest BCUT2D eigenvalue weighted by molar-refractivity contribution is 0.355. The Morgan fingerprint density at radius 2 is 1.80 bits per heavy atom. The van der Waals surface area contributed by atoms with Gasteiger partial charge in [0.2, 0.25) is 0 Å². The fourth-order valence-corrected chi connectivity index (χ4v) is 1.27. The number of rotatable bonds is 5. The van der Waals surface area contributed by atoms with E-state index < -0.39 is 0 Å². The molecule has 3 heteroatoms. The van der Waals surface area contributed by atoms with Crippen molar-refractivity contribution in [2.75, 3.05) is 26.1 Å². The normalized spacial score (nSPS) is 10.2. The first-order valence-corrected chi connectivity index (χ1v) is 5.13. The summed E-state index contributed by atoms with van der Waals surface area (Å²) in [6.07, 6.45) is 0. The Balaban J connectivity index is 2.74. The van der Waals surface area contributed by atoms with Gasteiger partial charge in [-0.25, -0.2) is 0 Å². The summed E-state index contributed by atoms with van der Waals surface area (Å²) >= 11 is 0. The van der Waals surface area contributed by atoms with E-state index in [1.54, 1.807) is 14.2 Å². The summed E-state index contributed by atoms with van der Waals surface area (Å²) in [4.78, 5) is 0. The molecule has 0 bridgehead atoms. The minimum atomic E-state index is 0.623. The molecule has 0 radical (unpaired) electrons. The largest absolute Gasteiger partial charge is 0.493 e. The summed E-state index contributed by atoms with van der Waals surface area (Å²) in [6.45, 7) is 5.30. The van der Waals surface area contributed by atoms with E-state index in [4.69, 9.17) is 9.47 Å². The molecule has 0 atom stereocenters. The number of ether oxygens (including phenoxy) is 2. The monoisotopic (exact) mass is 209 g/mol. The zero-order chi connectivity index (χ0) is 11.3. The highest BCUT2D eigenvalue weighted by molar-refractivity contribution is 5.54. The van der Waals surface area contributed by atoms with Gasteiger partial charge < -0.3 is 14.8 Å². The maximum Gasteiger partial charge on any atom is 0.162 e. The van der Waals surface area contributed by atoms with Crippen LogP contribution in [0.1, 0.15) is 13.8 Å². The van der Waals surface area contributed by atoms with Crippen molar-refractivity contribution in [3.8, 4) is 11.5 Å². The Morgan fingerprint density at radius 3 is 2.33 bits per heavy atom. The second-order valence-corrected chi connectivity index (χ2v) is 3.84. The zero-order valence-electron chi connectivity index (χ0n) is 9.83. The third kappa shape index (κ3) is 3.35. The molecule has 1 aromatic rings. The van der Waals surface area contributed by atoms with E-state index in [1.807, 2.05) is 18.2 Å². The molecule has 0 aliphatic heterocycles. The average molecular weight is 209 g/mol. The summed E-state index contributed by atoms with van der Waals surface area (Å²) in [5.74, 6) is 2.14. The lowest BCUT2D eigenvalue weighted by Gasteiger charge is -2.12. The van der Waals surface area contributed by atoms with Crippen LogP contribution in [0.3, 0.4) is 0 Å². The molecule has 3 nitrogen and oxygen atoms in total. The Bertz CT molecular complexity index is 310. The average Bonchev–Trinajstić information content (AvgIpc) is 2.25. The molecule has 84 valence electrons. The molecule has 0 spiro atoms. The highest BCUT2D eigenvalue weighted by Gasteiger charge is 2.04. The molecule has 0 saturated carbocycles. The van der Waals surface area contributed by atoms with Crippen LogP contribution in [0, 0.1) is 5.92 Å². The van der Waals surface area contributed by atoms with Gasteiger partial charge >= 0.3 is 0 Å². The fourth-order valence-electron chi connectivity index (χ4n) is 1.27. The highest BCUT2D eigenvalue weighted by Crippen LogP contribution is 2.29. The predicted molar refractivity (Wildman–Crippen MR) is 62.9 cm³/mol. The first-order valence-electron chi connectivity index (χ1n) is 5.13. The standard InChI is InChI=1S/C12H19NO2/c1-9(2)8-13-10-5-6-11(14-3)12(7-10)15-4/h5-7,9,13H,8H2,1-4H3. The number of hydrogen-bond acceptors (Lipinski definition) is 3. The van der Waals surface area contributed by atoms with Crippen molar-refractivity contribution in [3.05, 3.63) is 18.2 Å². The van der Waals surface area contributed by atoms with E-state index in [0.29, 0.717) is 5.92 Å². The Labute approximate surface area is 91.4 Å². The molecule has 0 aliphatic rings. The van der Waals surface area contributed by atoms with Gasteiger partial charge in [-0.15, -0.1) is 0 Å². The van der Waals surface area contributed by atoms with Gasteiger partial charge in [-0.2, -0.15) is 0 Å². The molecule has 1 N–H and O–H groups in total. The van der Waals surface area contributed by atoms with Crippen LogP contribution in [0.2, 0.25) is 0 Å². The van der Waals surface area contributed by atoms with Gasteiger partial charge in [0, 0.05) is 18.3 Å². The third-order valence-electron chi connectivity index (χ3n) is 2.10. The van der Waals surface area contributed by atoms with E-state index in [0.717, 1.165) is 23.7 Å². The van der Waals surface area contributed by atoms with Crippen LogP contribution >= 0.6 is 0 Å². The molecule has 0 amide bonds. The molecule has 15 heavy (non-hydrogen) atoms. The number of benzene rings is 1. The lowest BCUT2D eigenvalue weighted by Crippen LogP contribution is -2.07. The van der Waals surface area contributed by atoms with Crippen molar-refractivity contribution in [2.24, 2.45) is 5.92 Å². The Kier molecular flexibility index (Phi) is 4.28. The number of methoxy groups -OCH3 is 2. The van der Waals surface area contributed by atoms with Crippen LogP contribution in [0.15, 0.2) is 18.2 Å². The Morgan fingerprint density at radius 1 is 1.13 bits per heavy atom. The second kappa shape index (κ2) is 5.49. The summed E-state index contributed by atoms with van der Waals surface area (Å²) in [6, 6.07) is 5.84. The minimum Gasteiger partial charge on any atom is -0.493 e. The van der Waals surface area contributed by atoms with Crippen molar-refractivity contribution >= 4 is 5.69 Å². The quantitative estimate of drug-likeness (QED) is 0.808. The van der Waals surface area contributed by atoms with Gasteiger partial charge in [-0.3, -0.25) is 0 Å². The number of anilines is 1. The van der Waals surface area contributed by atoms with Crippen molar-refractivity contribution in [3.63, 3.8) is 0 Å². The molecule has 0 heterocycles. The highest BCUT2D eigenvalue weighted by atomic mass is 16.5. The minimum absolute atomic E-state index is 0.623. The zero-order valence-corrected chi connectivity index (χ0v) is 9.83. The van der Waals surface area contributed by atoms with E-state index in [-0.39, 0.29) is 0 Å². The number of nitrogens with one attached hydrogen (secondary N) is 1. The number of hydrogen-bond donors (Lipinski definition) is 1. The van der Waals surface area contributed by atoms with Crippen molar-refractivity contribution < 1.29 is 9.47 Å². The van der Waals surface area contributed by atoms with Gasteiger partial charge in [0.25, 0.3) is 0 Å².